The van der Waals surface area contributed by atoms with Gasteiger partial charge in [0.05, 0.1) is 23.5 Å². The second-order valence-electron chi connectivity index (χ2n) is 9.13. The average molecular weight is 473 g/mol. The van der Waals surface area contributed by atoms with Crippen LogP contribution in [0.4, 0.5) is 26.2 Å². The molecule has 0 radical (unpaired) electrons. The molecule has 1 saturated heterocycles. The molecule has 8 heteroatoms. The fourth-order valence-electron chi connectivity index (χ4n) is 4.24. The second-order valence-corrected chi connectivity index (χ2v) is 9.13. The molecule has 178 valence electrons. The summed E-state index contributed by atoms with van der Waals surface area (Å²) < 4.78 is 18.8. The van der Waals surface area contributed by atoms with E-state index >= 15 is 0 Å². The van der Waals surface area contributed by atoms with E-state index in [9.17, 15) is 14.0 Å². The summed E-state index contributed by atoms with van der Waals surface area (Å²) in [5.41, 5.74) is 10.9. The van der Waals surface area contributed by atoms with Crippen molar-refractivity contribution in [2.24, 2.45) is 5.73 Å². The lowest BCUT2D eigenvalue weighted by molar-refractivity contribution is -0.110. The van der Waals surface area contributed by atoms with Crippen LogP contribution in [-0.4, -0.2) is 25.2 Å². The van der Waals surface area contributed by atoms with Gasteiger partial charge in [-0.1, -0.05) is 24.3 Å². The first-order chi connectivity index (χ1) is 16.7. The normalized spacial score (nSPS) is 16.6. The highest BCUT2D eigenvalue weighted by Crippen LogP contribution is 2.38. The maximum absolute atomic E-state index is 13.8. The minimum atomic E-state index is -0.485. The van der Waals surface area contributed by atoms with Gasteiger partial charge in [0.1, 0.15) is 12.4 Å². The van der Waals surface area contributed by atoms with Crippen molar-refractivity contribution >= 4 is 40.3 Å². The quantitative estimate of drug-likeness (QED) is 0.459. The summed E-state index contributed by atoms with van der Waals surface area (Å²) in [5, 5.41) is 6.13. The number of amides is 2. The predicted octanol–water partition coefficient (Wildman–Crippen LogP) is 4.91. The topological polar surface area (TPSA) is 96.7 Å². The van der Waals surface area contributed by atoms with Crippen LogP contribution in [0, 0.1) is 5.82 Å². The first-order valence-electron chi connectivity index (χ1n) is 11.3. The van der Waals surface area contributed by atoms with Crippen molar-refractivity contribution in [1.82, 2.24) is 0 Å². The summed E-state index contributed by atoms with van der Waals surface area (Å²) in [4.78, 5) is 26.5. The fourth-order valence-corrected chi connectivity index (χ4v) is 4.24. The Morgan fingerprint density at radius 1 is 1.06 bits per heavy atom. The Bertz CT molecular complexity index is 1340. The molecule has 2 heterocycles. The van der Waals surface area contributed by atoms with Gasteiger partial charge in [-0.15, -0.1) is 0 Å². The zero-order valence-corrected chi connectivity index (χ0v) is 19.4. The van der Waals surface area contributed by atoms with Crippen molar-refractivity contribution in [2.45, 2.75) is 19.4 Å². The molecule has 2 amide bonds. The Hall–Kier alpha value is -4.17. The molecule has 0 spiro atoms. The number of nitrogens with zero attached hydrogens (tertiary/aromatic N) is 1. The number of fused-ring (bicyclic) bond motifs is 1. The van der Waals surface area contributed by atoms with Crippen LogP contribution < -0.4 is 21.3 Å². The van der Waals surface area contributed by atoms with Crippen molar-refractivity contribution in [1.29, 1.82) is 0 Å². The summed E-state index contributed by atoms with van der Waals surface area (Å²) >= 11 is 0. The number of anilines is 3. The standard InChI is InChI=1S/C27H25FN4O3/c1-27(2,29)17-5-8-19(9-6-17)30-24(23-21-12-7-18(28)15-22(21)31-25(23)33)16-3-10-20(11-4-16)32-13-14-35-26(32)34/h3-12,15,30H,13-14,29H2,1-2H3,(H,31,33)/b24-23-. The summed E-state index contributed by atoms with van der Waals surface area (Å²) in [6.07, 6.45) is -0.386. The number of hydrogen-bond donors (Lipinski definition) is 3. The number of halogens is 1. The maximum Gasteiger partial charge on any atom is 0.414 e. The minimum Gasteiger partial charge on any atom is -0.447 e. The van der Waals surface area contributed by atoms with Crippen LogP contribution in [0.5, 0.6) is 0 Å². The molecule has 3 aromatic carbocycles. The van der Waals surface area contributed by atoms with Gasteiger partial charge in [0.2, 0.25) is 0 Å². The highest BCUT2D eigenvalue weighted by molar-refractivity contribution is 6.37. The van der Waals surface area contributed by atoms with E-state index in [4.69, 9.17) is 10.5 Å². The summed E-state index contributed by atoms with van der Waals surface area (Å²) in [7, 11) is 0. The number of carbonyl (C=O) groups is 2. The molecule has 5 rings (SSSR count). The molecule has 2 aliphatic heterocycles. The summed E-state index contributed by atoms with van der Waals surface area (Å²) in [6.45, 7) is 4.69. The van der Waals surface area contributed by atoms with Gasteiger partial charge in [-0.25, -0.2) is 9.18 Å². The first kappa shape index (κ1) is 22.6. The van der Waals surface area contributed by atoms with E-state index in [2.05, 4.69) is 10.6 Å². The molecule has 4 N–H and O–H groups in total. The van der Waals surface area contributed by atoms with Gasteiger partial charge in [-0.3, -0.25) is 9.69 Å². The van der Waals surface area contributed by atoms with Crippen LogP contribution in [0.3, 0.4) is 0 Å². The first-order valence-corrected chi connectivity index (χ1v) is 11.3. The monoisotopic (exact) mass is 472 g/mol. The molecule has 3 aromatic rings. The van der Waals surface area contributed by atoms with E-state index in [1.54, 1.807) is 11.0 Å². The Morgan fingerprint density at radius 3 is 2.40 bits per heavy atom. The smallest absolute Gasteiger partial charge is 0.414 e. The van der Waals surface area contributed by atoms with E-state index < -0.39 is 11.4 Å². The SMILES string of the molecule is CC(C)(N)c1ccc(N/C(=C2\C(=O)Nc3cc(F)ccc32)c2ccc(N3CCOC3=O)cc2)cc1. The number of nitrogens with one attached hydrogen (secondary N) is 2. The van der Waals surface area contributed by atoms with Gasteiger partial charge >= 0.3 is 6.09 Å². The van der Waals surface area contributed by atoms with Crippen molar-refractivity contribution < 1.29 is 18.7 Å². The molecule has 0 aromatic heterocycles. The lowest BCUT2D eigenvalue weighted by Crippen LogP contribution is -2.28. The summed E-state index contributed by atoms with van der Waals surface area (Å²) in [5.74, 6) is -0.762. The zero-order chi connectivity index (χ0) is 24.7. The molecule has 7 nitrogen and oxygen atoms in total. The van der Waals surface area contributed by atoms with Crippen LogP contribution >= 0.6 is 0 Å². The van der Waals surface area contributed by atoms with Gasteiger partial charge < -0.3 is 21.1 Å². The van der Waals surface area contributed by atoms with E-state index in [1.165, 1.54) is 12.1 Å². The van der Waals surface area contributed by atoms with Crippen LogP contribution in [0.25, 0.3) is 11.3 Å². The lowest BCUT2D eigenvalue weighted by atomic mass is 9.95. The molecule has 0 aliphatic carbocycles. The van der Waals surface area contributed by atoms with Gasteiger partial charge in [0.25, 0.3) is 5.91 Å². The predicted molar refractivity (Wildman–Crippen MR) is 134 cm³/mol. The number of ether oxygens (including phenoxy) is 1. The van der Waals surface area contributed by atoms with E-state index in [0.717, 1.165) is 16.8 Å². The number of nitrogens with two attached hydrogens (primary N) is 1. The number of hydrogen-bond acceptors (Lipinski definition) is 5. The third-order valence-electron chi connectivity index (χ3n) is 6.10. The number of benzene rings is 3. The van der Waals surface area contributed by atoms with Crippen molar-refractivity contribution in [2.75, 3.05) is 28.7 Å². The highest BCUT2D eigenvalue weighted by atomic mass is 19.1. The Labute approximate surface area is 202 Å². The molecule has 2 aliphatic rings. The summed E-state index contributed by atoms with van der Waals surface area (Å²) in [6, 6.07) is 19.2. The van der Waals surface area contributed by atoms with Crippen LogP contribution in [-0.2, 0) is 15.1 Å². The highest BCUT2D eigenvalue weighted by Gasteiger charge is 2.29. The largest absolute Gasteiger partial charge is 0.447 e. The lowest BCUT2D eigenvalue weighted by Gasteiger charge is -2.20. The minimum absolute atomic E-state index is 0.333. The molecule has 35 heavy (non-hydrogen) atoms. The zero-order valence-electron chi connectivity index (χ0n) is 19.4. The Kier molecular flexibility index (Phi) is 5.53. The van der Waals surface area contributed by atoms with Crippen LogP contribution in [0.1, 0.15) is 30.5 Å². The van der Waals surface area contributed by atoms with Crippen molar-refractivity contribution in [3.63, 3.8) is 0 Å². The molecule has 0 unspecified atom stereocenters. The third kappa shape index (κ3) is 4.36. The third-order valence-corrected chi connectivity index (χ3v) is 6.10. The van der Waals surface area contributed by atoms with Crippen LogP contribution in [0.15, 0.2) is 66.7 Å². The maximum atomic E-state index is 13.8. The van der Waals surface area contributed by atoms with Gasteiger partial charge in [-0.05, 0) is 67.4 Å². The molecule has 0 bridgehead atoms. The van der Waals surface area contributed by atoms with Gasteiger partial charge in [-0.2, -0.15) is 0 Å². The second kappa shape index (κ2) is 8.56. The van der Waals surface area contributed by atoms with Crippen molar-refractivity contribution in [3.05, 3.63) is 89.2 Å². The molecule has 0 atom stereocenters. The molecule has 1 fully saturated rings. The number of cyclic esters (lactones) is 1. The van der Waals surface area contributed by atoms with Gasteiger partial charge in [0.15, 0.2) is 0 Å². The van der Waals surface area contributed by atoms with E-state index in [0.29, 0.717) is 41.4 Å². The van der Waals surface area contributed by atoms with Crippen molar-refractivity contribution in [3.8, 4) is 0 Å². The Morgan fingerprint density at radius 2 is 1.77 bits per heavy atom. The fraction of sp³-hybridized carbons (Fsp3) is 0.185. The van der Waals surface area contributed by atoms with Gasteiger partial charge in [0, 0.05) is 22.5 Å². The number of rotatable bonds is 5. The Balaban J connectivity index is 1.58. The average Bonchev–Trinajstić information content (AvgIpc) is 3.39. The molecule has 0 saturated carbocycles. The molecular weight excluding hydrogens is 447 g/mol. The number of carbonyl (C=O) groups excluding carboxylic acids is 2. The van der Waals surface area contributed by atoms with E-state index in [1.807, 2.05) is 62.4 Å². The van der Waals surface area contributed by atoms with Crippen LogP contribution in [0.2, 0.25) is 0 Å². The van der Waals surface area contributed by atoms with E-state index in [-0.39, 0.29) is 12.0 Å². The molecular formula is C27H25FN4O3.